The van der Waals surface area contributed by atoms with Crippen molar-refractivity contribution >= 4 is 17.4 Å². The summed E-state index contributed by atoms with van der Waals surface area (Å²) in [5.41, 5.74) is -0.680. The molecule has 0 spiro atoms. The van der Waals surface area contributed by atoms with Crippen molar-refractivity contribution in [3.63, 3.8) is 0 Å². The molecule has 3 aliphatic heterocycles. The quantitative estimate of drug-likeness (QED) is 0.227. The molecule has 1 unspecified atom stereocenters. The van der Waals surface area contributed by atoms with Gasteiger partial charge in [0.1, 0.15) is 23.3 Å². The number of amides is 1. The molecular weight excluding hydrogens is 630 g/mol. The van der Waals surface area contributed by atoms with Crippen molar-refractivity contribution in [3.8, 4) is 5.75 Å². The highest BCUT2D eigenvalue weighted by atomic mass is 19.4. The number of aliphatic hydroxyl groups is 1. The van der Waals surface area contributed by atoms with E-state index in [-0.39, 0.29) is 42.7 Å². The number of hydrogen-bond donors (Lipinski definition) is 2. The summed E-state index contributed by atoms with van der Waals surface area (Å²) >= 11 is 0. The number of nitrogens with zero attached hydrogens (tertiary/aromatic N) is 2. The highest BCUT2D eigenvalue weighted by molar-refractivity contribution is 6.00. The number of nitrogens with one attached hydrogen (secondary N) is 1. The van der Waals surface area contributed by atoms with E-state index in [1.54, 1.807) is 36.4 Å². The second-order valence-corrected chi connectivity index (χ2v) is 13.3. The SMILES string of the molecule is O=C(c1cc(N[C@@H]2CCN([C@@H]3CC[C@@](C(=O)N4COc5ccc(C(F)(F)F)cc5C4)(C4CC4)OC3)C2)ccc1F)C(O)c1ccccc1. The summed E-state index contributed by atoms with van der Waals surface area (Å²) in [6, 6.07) is 16.1. The minimum atomic E-state index is -4.49. The van der Waals surface area contributed by atoms with Crippen molar-refractivity contribution in [3.05, 3.63) is 94.8 Å². The molecule has 3 fully saturated rings. The van der Waals surface area contributed by atoms with Crippen LogP contribution in [0, 0.1) is 11.7 Å². The highest BCUT2D eigenvalue weighted by Crippen LogP contribution is 2.49. The van der Waals surface area contributed by atoms with Crippen LogP contribution in [0.4, 0.5) is 23.2 Å². The fraction of sp³-hybridized carbons (Fsp3) is 0.444. The van der Waals surface area contributed by atoms with E-state index in [1.165, 1.54) is 23.1 Å². The number of hydrogen-bond acceptors (Lipinski definition) is 7. The molecule has 4 aliphatic rings. The lowest BCUT2D eigenvalue weighted by molar-refractivity contribution is -0.179. The average Bonchev–Trinajstić information content (AvgIpc) is 3.86. The van der Waals surface area contributed by atoms with E-state index in [0.29, 0.717) is 42.1 Å². The number of carbonyl (C=O) groups excluding carboxylic acids is 2. The second-order valence-electron chi connectivity index (χ2n) is 13.3. The third-order valence-corrected chi connectivity index (χ3v) is 10.1. The van der Waals surface area contributed by atoms with Gasteiger partial charge in [-0.15, -0.1) is 0 Å². The van der Waals surface area contributed by atoms with Gasteiger partial charge in [0.15, 0.2) is 12.5 Å². The van der Waals surface area contributed by atoms with E-state index in [9.17, 15) is 32.3 Å². The van der Waals surface area contributed by atoms with Crippen LogP contribution in [0.1, 0.15) is 65.3 Å². The molecule has 48 heavy (non-hydrogen) atoms. The van der Waals surface area contributed by atoms with Crippen LogP contribution in [0.25, 0.3) is 0 Å². The number of ether oxygens (including phenoxy) is 2. The first-order valence-electron chi connectivity index (χ1n) is 16.4. The van der Waals surface area contributed by atoms with Crippen molar-refractivity contribution in [1.29, 1.82) is 0 Å². The molecule has 3 aromatic rings. The first-order chi connectivity index (χ1) is 23.0. The van der Waals surface area contributed by atoms with E-state index in [2.05, 4.69) is 10.2 Å². The molecule has 0 aromatic heterocycles. The number of alkyl halides is 3. The van der Waals surface area contributed by atoms with Crippen LogP contribution in [0.3, 0.4) is 0 Å². The van der Waals surface area contributed by atoms with Crippen LogP contribution >= 0.6 is 0 Å². The molecule has 3 heterocycles. The summed E-state index contributed by atoms with van der Waals surface area (Å²) in [5, 5.41) is 14.0. The summed E-state index contributed by atoms with van der Waals surface area (Å²) in [4.78, 5) is 30.7. The van der Waals surface area contributed by atoms with Crippen LogP contribution in [-0.2, 0) is 22.3 Å². The Bertz CT molecular complexity index is 1670. The molecule has 2 N–H and O–H groups in total. The zero-order valence-corrected chi connectivity index (χ0v) is 26.2. The maximum atomic E-state index is 14.7. The molecule has 1 saturated carbocycles. The number of Topliss-reactive ketones (excluding diaryl/α,β-unsaturated/α-hetero) is 1. The number of rotatable bonds is 8. The lowest BCUT2D eigenvalue weighted by Gasteiger charge is -2.44. The maximum Gasteiger partial charge on any atom is 0.416 e. The van der Waals surface area contributed by atoms with Crippen molar-refractivity contribution in [2.24, 2.45) is 5.92 Å². The molecule has 0 radical (unpaired) electrons. The number of carbonyl (C=O) groups is 2. The van der Waals surface area contributed by atoms with Gasteiger partial charge in [0.05, 0.1) is 24.3 Å². The number of likely N-dealkylation sites (tertiary alicyclic amines) is 1. The molecule has 8 nitrogen and oxygen atoms in total. The first-order valence-corrected chi connectivity index (χ1v) is 16.4. The molecule has 7 rings (SSSR count). The van der Waals surface area contributed by atoms with Gasteiger partial charge in [-0.2, -0.15) is 13.2 Å². The molecule has 12 heteroatoms. The maximum absolute atomic E-state index is 14.7. The third-order valence-electron chi connectivity index (χ3n) is 10.1. The van der Waals surface area contributed by atoms with Crippen molar-refractivity contribution < 1.29 is 41.7 Å². The standard InChI is InChI=1S/C36H37F4N3O5/c37-30-10-9-26(17-29(30)33(45)32(44)22-4-2-1-3-5-22)41-27-13-15-42(19-27)28-12-14-35(48-20-28,24-6-7-24)34(46)43-18-23-16-25(36(38,39)40)8-11-31(23)47-21-43/h1-5,8-11,16-17,24,27-28,32,41,44H,6-7,12-15,18-21H2/t27-,28-,32?,35+/m1/s1. The fourth-order valence-electron chi connectivity index (χ4n) is 7.31. The van der Waals surface area contributed by atoms with Crippen LogP contribution in [0.2, 0.25) is 0 Å². The second kappa shape index (κ2) is 12.8. The fourth-order valence-corrected chi connectivity index (χ4v) is 7.31. The average molecular weight is 668 g/mol. The van der Waals surface area contributed by atoms with Gasteiger partial charge in [-0.25, -0.2) is 4.39 Å². The molecule has 254 valence electrons. The minimum Gasteiger partial charge on any atom is -0.473 e. The van der Waals surface area contributed by atoms with Crippen molar-refractivity contribution in [2.75, 3.05) is 31.7 Å². The Labute approximate surface area is 275 Å². The van der Waals surface area contributed by atoms with Gasteiger partial charge in [0.25, 0.3) is 5.91 Å². The Morgan fingerprint density at radius 1 is 1.00 bits per heavy atom. The summed E-state index contributed by atoms with van der Waals surface area (Å²) in [7, 11) is 0. The molecule has 1 amide bonds. The monoisotopic (exact) mass is 667 g/mol. The Morgan fingerprint density at radius 2 is 1.79 bits per heavy atom. The lowest BCUT2D eigenvalue weighted by atomic mass is 9.85. The van der Waals surface area contributed by atoms with Gasteiger partial charge >= 0.3 is 6.18 Å². The molecule has 2 saturated heterocycles. The summed E-state index contributed by atoms with van der Waals surface area (Å²) in [6.07, 6.45) is -2.20. The third kappa shape index (κ3) is 6.40. The Balaban J connectivity index is 0.965. The van der Waals surface area contributed by atoms with Gasteiger partial charge in [-0.05, 0) is 80.0 Å². The van der Waals surface area contributed by atoms with Crippen LogP contribution in [0.15, 0.2) is 66.7 Å². The number of aliphatic hydroxyl groups excluding tert-OH is 1. The Kier molecular flexibility index (Phi) is 8.67. The Morgan fingerprint density at radius 3 is 2.50 bits per heavy atom. The lowest BCUT2D eigenvalue weighted by Crippen LogP contribution is -2.58. The molecule has 1 aliphatic carbocycles. The normalized spacial score (nSPS) is 25.2. The zero-order chi connectivity index (χ0) is 33.6. The van der Waals surface area contributed by atoms with Gasteiger partial charge in [-0.1, -0.05) is 30.3 Å². The van der Waals surface area contributed by atoms with Gasteiger partial charge in [0.2, 0.25) is 0 Å². The Hall–Kier alpha value is -4.00. The van der Waals surface area contributed by atoms with Crippen LogP contribution < -0.4 is 10.1 Å². The van der Waals surface area contributed by atoms with Gasteiger partial charge < -0.3 is 24.8 Å². The van der Waals surface area contributed by atoms with Gasteiger partial charge in [0, 0.05) is 36.4 Å². The number of anilines is 1. The molecule has 4 atom stereocenters. The first kappa shape index (κ1) is 32.5. The van der Waals surface area contributed by atoms with E-state index in [4.69, 9.17) is 9.47 Å². The largest absolute Gasteiger partial charge is 0.473 e. The van der Waals surface area contributed by atoms with E-state index in [1.807, 2.05) is 0 Å². The van der Waals surface area contributed by atoms with Crippen LogP contribution in [0.5, 0.6) is 5.75 Å². The number of halogens is 4. The van der Waals surface area contributed by atoms with Crippen molar-refractivity contribution in [2.45, 2.75) is 68.6 Å². The van der Waals surface area contributed by atoms with Crippen LogP contribution in [-0.4, -0.2) is 70.7 Å². The van der Waals surface area contributed by atoms with E-state index >= 15 is 0 Å². The van der Waals surface area contributed by atoms with E-state index < -0.39 is 35.0 Å². The molecule has 0 bridgehead atoms. The summed E-state index contributed by atoms with van der Waals surface area (Å²) in [6.45, 7) is 1.81. The topological polar surface area (TPSA) is 91.3 Å². The number of ketones is 1. The molecular formula is C36H37F4N3O5. The predicted octanol–water partition coefficient (Wildman–Crippen LogP) is 5.95. The zero-order valence-electron chi connectivity index (χ0n) is 26.2. The van der Waals surface area contributed by atoms with E-state index in [0.717, 1.165) is 44.4 Å². The number of fused-ring (bicyclic) bond motifs is 1. The smallest absolute Gasteiger partial charge is 0.416 e. The molecule has 3 aromatic carbocycles. The minimum absolute atomic E-state index is 0.0285. The number of benzene rings is 3. The highest BCUT2D eigenvalue weighted by Gasteiger charge is 2.56. The summed E-state index contributed by atoms with van der Waals surface area (Å²) < 4.78 is 66.9. The van der Waals surface area contributed by atoms with Gasteiger partial charge in [-0.3, -0.25) is 14.5 Å². The van der Waals surface area contributed by atoms with Crippen molar-refractivity contribution in [1.82, 2.24) is 9.80 Å². The summed E-state index contributed by atoms with van der Waals surface area (Å²) in [5.74, 6) is -1.23. The predicted molar refractivity (Wildman–Crippen MR) is 168 cm³/mol.